The van der Waals surface area contributed by atoms with Gasteiger partial charge in [-0.3, -0.25) is 0 Å². The highest BCUT2D eigenvalue weighted by atomic mass is 16.5. The number of aromatic nitrogens is 2. The third-order valence-corrected chi connectivity index (χ3v) is 5.54. The summed E-state index contributed by atoms with van der Waals surface area (Å²) < 4.78 is 11.3. The number of unbranched alkanes of at least 4 members (excludes halogenated alkanes) is 1. The fourth-order valence-electron chi connectivity index (χ4n) is 3.77. The number of nitrogens with zero attached hydrogens (tertiary/aromatic N) is 2. The maximum absolute atomic E-state index is 6.16. The van der Waals surface area contributed by atoms with E-state index < -0.39 is 0 Å². The number of rotatable bonds is 9. The fourth-order valence-corrected chi connectivity index (χ4v) is 3.77. The van der Waals surface area contributed by atoms with Gasteiger partial charge >= 0.3 is 0 Å². The predicted octanol–water partition coefficient (Wildman–Crippen LogP) is 6.32. The summed E-state index contributed by atoms with van der Waals surface area (Å²) in [5.74, 6) is 1.89. The number of benzene rings is 3. The van der Waals surface area contributed by atoms with Crippen molar-refractivity contribution in [2.24, 2.45) is 0 Å². The second-order valence-corrected chi connectivity index (χ2v) is 7.89. The van der Waals surface area contributed by atoms with E-state index in [0.29, 0.717) is 6.61 Å². The molecule has 168 valence electrons. The molecule has 0 saturated heterocycles. The lowest BCUT2D eigenvalue weighted by Gasteiger charge is -2.15. The van der Waals surface area contributed by atoms with E-state index in [1.807, 2.05) is 66.7 Å². The lowest BCUT2D eigenvalue weighted by atomic mass is 9.96. The molecule has 0 amide bonds. The molecule has 0 fully saturated rings. The first-order valence-electron chi connectivity index (χ1n) is 11.3. The summed E-state index contributed by atoms with van der Waals surface area (Å²) in [7, 11) is 1.66. The van der Waals surface area contributed by atoms with E-state index in [2.05, 4.69) is 29.0 Å². The van der Waals surface area contributed by atoms with E-state index in [4.69, 9.17) is 15.2 Å². The summed E-state index contributed by atoms with van der Waals surface area (Å²) in [4.78, 5) is 9.26. The van der Waals surface area contributed by atoms with Crippen molar-refractivity contribution in [2.75, 3.05) is 12.8 Å². The van der Waals surface area contributed by atoms with Crippen LogP contribution in [0.4, 0.5) is 5.95 Å². The summed E-state index contributed by atoms with van der Waals surface area (Å²) in [5.41, 5.74) is 12.1. The Kier molecular flexibility index (Phi) is 7.20. The minimum atomic E-state index is 0.264. The Morgan fingerprint density at radius 1 is 0.758 bits per heavy atom. The smallest absolute Gasteiger partial charge is 0.221 e. The van der Waals surface area contributed by atoms with Crippen molar-refractivity contribution in [2.45, 2.75) is 32.8 Å². The maximum Gasteiger partial charge on any atom is 0.221 e. The highest BCUT2D eigenvalue weighted by Gasteiger charge is 2.17. The molecular formula is C28H29N3O2. The summed E-state index contributed by atoms with van der Waals surface area (Å²) >= 11 is 0. The monoisotopic (exact) mass is 439 g/mol. The van der Waals surface area contributed by atoms with Crippen LogP contribution in [-0.4, -0.2) is 17.1 Å². The lowest BCUT2D eigenvalue weighted by Crippen LogP contribution is -2.05. The topological polar surface area (TPSA) is 70.3 Å². The van der Waals surface area contributed by atoms with Crippen molar-refractivity contribution in [1.82, 2.24) is 9.97 Å². The second kappa shape index (κ2) is 10.6. The Hall–Kier alpha value is -3.86. The van der Waals surface area contributed by atoms with Crippen molar-refractivity contribution in [3.8, 4) is 34.0 Å². The minimum Gasteiger partial charge on any atom is -0.497 e. The van der Waals surface area contributed by atoms with Crippen LogP contribution in [-0.2, 0) is 13.0 Å². The van der Waals surface area contributed by atoms with Crippen LogP contribution in [0.1, 0.15) is 30.9 Å². The molecule has 0 aliphatic carbocycles. The van der Waals surface area contributed by atoms with Gasteiger partial charge in [-0.2, -0.15) is 0 Å². The zero-order valence-electron chi connectivity index (χ0n) is 19.1. The molecule has 2 N–H and O–H groups in total. The van der Waals surface area contributed by atoms with Crippen LogP contribution in [0.2, 0.25) is 0 Å². The van der Waals surface area contributed by atoms with Crippen LogP contribution in [0.5, 0.6) is 11.5 Å². The molecule has 0 aliphatic rings. The average molecular weight is 440 g/mol. The van der Waals surface area contributed by atoms with Gasteiger partial charge in [0.2, 0.25) is 5.95 Å². The van der Waals surface area contributed by atoms with Gasteiger partial charge in [0.1, 0.15) is 18.1 Å². The van der Waals surface area contributed by atoms with Gasteiger partial charge in [0.15, 0.2) is 0 Å². The molecule has 0 aliphatic heterocycles. The number of hydrogen-bond acceptors (Lipinski definition) is 5. The van der Waals surface area contributed by atoms with E-state index in [9.17, 15) is 0 Å². The van der Waals surface area contributed by atoms with Crippen LogP contribution in [0.15, 0.2) is 78.9 Å². The zero-order valence-corrected chi connectivity index (χ0v) is 19.1. The minimum absolute atomic E-state index is 0.264. The second-order valence-electron chi connectivity index (χ2n) is 7.89. The highest BCUT2D eigenvalue weighted by molar-refractivity contribution is 5.75. The molecule has 4 rings (SSSR count). The molecule has 0 radical (unpaired) electrons. The molecule has 5 nitrogen and oxygen atoms in total. The quantitative estimate of drug-likeness (QED) is 0.330. The number of hydrogen-bond donors (Lipinski definition) is 1. The van der Waals surface area contributed by atoms with Crippen LogP contribution < -0.4 is 15.2 Å². The number of nitrogens with two attached hydrogens (primary N) is 1. The van der Waals surface area contributed by atoms with Crippen molar-refractivity contribution in [3.63, 3.8) is 0 Å². The Morgan fingerprint density at radius 3 is 1.88 bits per heavy atom. The first kappa shape index (κ1) is 22.3. The van der Waals surface area contributed by atoms with Crippen LogP contribution in [0, 0.1) is 0 Å². The van der Waals surface area contributed by atoms with Gasteiger partial charge < -0.3 is 15.2 Å². The molecule has 3 aromatic carbocycles. The summed E-state index contributed by atoms with van der Waals surface area (Å²) in [6.07, 6.45) is 3.00. The third kappa shape index (κ3) is 5.50. The van der Waals surface area contributed by atoms with Crippen molar-refractivity contribution < 1.29 is 9.47 Å². The van der Waals surface area contributed by atoms with Gasteiger partial charge in [-0.05, 0) is 66.9 Å². The summed E-state index contributed by atoms with van der Waals surface area (Å²) in [5, 5.41) is 0. The standard InChI is InChI=1S/C28H29N3O2/c1-3-4-10-25-26(21-11-15-23(32-2)16-12-21)30-28(29)31-27(25)22-13-17-24(18-14-22)33-19-20-8-6-5-7-9-20/h5-9,11-18H,3-4,10,19H2,1-2H3,(H2,29,30,31). The fraction of sp³-hybridized carbons (Fsp3) is 0.214. The molecule has 0 spiro atoms. The van der Waals surface area contributed by atoms with Crippen molar-refractivity contribution in [3.05, 3.63) is 90.0 Å². The Balaban J connectivity index is 1.66. The normalized spacial score (nSPS) is 10.7. The van der Waals surface area contributed by atoms with E-state index in [1.165, 1.54) is 0 Å². The molecule has 0 atom stereocenters. The highest BCUT2D eigenvalue weighted by Crippen LogP contribution is 2.33. The first-order chi connectivity index (χ1) is 16.2. The van der Waals surface area contributed by atoms with Gasteiger partial charge in [0, 0.05) is 16.7 Å². The molecular weight excluding hydrogens is 410 g/mol. The molecule has 0 saturated carbocycles. The number of ether oxygens (including phenoxy) is 2. The summed E-state index contributed by atoms with van der Waals surface area (Å²) in [6, 6.07) is 26.1. The summed E-state index contributed by atoms with van der Waals surface area (Å²) in [6.45, 7) is 2.72. The molecule has 33 heavy (non-hydrogen) atoms. The first-order valence-corrected chi connectivity index (χ1v) is 11.3. The van der Waals surface area contributed by atoms with Crippen LogP contribution >= 0.6 is 0 Å². The van der Waals surface area contributed by atoms with Crippen molar-refractivity contribution in [1.29, 1.82) is 0 Å². The Labute approximate surface area is 195 Å². The van der Waals surface area contributed by atoms with Gasteiger partial charge in [0.05, 0.1) is 18.5 Å². The third-order valence-electron chi connectivity index (χ3n) is 5.54. The van der Waals surface area contributed by atoms with E-state index >= 15 is 0 Å². The van der Waals surface area contributed by atoms with Gasteiger partial charge in [0.25, 0.3) is 0 Å². The molecule has 0 unspecified atom stereocenters. The predicted molar refractivity (Wildman–Crippen MR) is 133 cm³/mol. The van der Waals surface area contributed by atoms with Gasteiger partial charge in [-0.25, -0.2) is 9.97 Å². The SMILES string of the molecule is CCCCc1c(-c2ccc(OC)cc2)nc(N)nc1-c1ccc(OCc2ccccc2)cc1. The van der Waals surface area contributed by atoms with Crippen LogP contribution in [0.25, 0.3) is 22.5 Å². The molecule has 1 aromatic heterocycles. The molecule has 5 heteroatoms. The van der Waals surface area contributed by atoms with E-state index in [1.54, 1.807) is 7.11 Å². The van der Waals surface area contributed by atoms with Gasteiger partial charge in [-0.15, -0.1) is 0 Å². The Bertz CT molecular complexity index is 1170. The number of nitrogen functional groups attached to an aromatic ring is 1. The number of methoxy groups -OCH3 is 1. The Morgan fingerprint density at radius 2 is 1.33 bits per heavy atom. The van der Waals surface area contributed by atoms with Crippen molar-refractivity contribution >= 4 is 5.95 Å². The van der Waals surface area contributed by atoms with E-state index in [0.717, 1.165) is 64.4 Å². The van der Waals surface area contributed by atoms with Gasteiger partial charge in [-0.1, -0.05) is 43.7 Å². The largest absolute Gasteiger partial charge is 0.497 e. The molecule has 0 bridgehead atoms. The molecule has 4 aromatic rings. The zero-order chi connectivity index (χ0) is 23.0. The lowest BCUT2D eigenvalue weighted by molar-refractivity contribution is 0.306. The van der Waals surface area contributed by atoms with Crippen LogP contribution in [0.3, 0.4) is 0 Å². The number of anilines is 1. The maximum atomic E-state index is 6.16. The van der Waals surface area contributed by atoms with E-state index in [-0.39, 0.29) is 5.95 Å². The molecule has 1 heterocycles. The average Bonchev–Trinajstić information content (AvgIpc) is 2.87.